The molecule has 0 bridgehead atoms. The summed E-state index contributed by atoms with van der Waals surface area (Å²) in [5.74, 6) is -1.37. The molecule has 1 aliphatic carbocycles. The molecule has 0 unspecified atom stereocenters. The number of urea groups is 1. The molecule has 1 aliphatic rings. The van der Waals surface area contributed by atoms with Crippen molar-refractivity contribution in [1.29, 1.82) is 0 Å². The first kappa shape index (κ1) is 17.4. The van der Waals surface area contributed by atoms with Gasteiger partial charge in [0.2, 0.25) is 5.91 Å². The highest BCUT2D eigenvalue weighted by atomic mass is 16.4. The van der Waals surface area contributed by atoms with E-state index in [1.807, 2.05) is 14.1 Å². The van der Waals surface area contributed by atoms with E-state index in [1.165, 1.54) is 4.90 Å². The van der Waals surface area contributed by atoms with Crippen LogP contribution in [0.3, 0.4) is 0 Å². The largest absolute Gasteiger partial charge is 0.481 e. The Bertz CT molecular complexity index is 405. The second-order valence-electron chi connectivity index (χ2n) is 5.93. The van der Waals surface area contributed by atoms with Gasteiger partial charge < -0.3 is 14.9 Å². The molecule has 0 aliphatic heterocycles. The number of rotatable bonds is 7. The summed E-state index contributed by atoms with van der Waals surface area (Å²) in [4.78, 5) is 37.5. The number of hydrogen-bond acceptors (Lipinski definition) is 4. The summed E-state index contributed by atoms with van der Waals surface area (Å²) in [5, 5.41) is 10.8. The van der Waals surface area contributed by atoms with Crippen LogP contribution in [0.2, 0.25) is 0 Å². The Morgan fingerprint density at radius 1 is 1.14 bits per heavy atom. The lowest BCUT2D eigenvalue weighted by atomic mass is 9.75. The third kappa shape index (κ3) is 5.00. The Kier molecular flexibility index (Phi) is 6.14. The maximum atomic E-state index is 11.9. The molecule has 0 atom stereocenters. The van der Waals surface area contributed by atoms with Crippen molar-refractivity contribution in [2.45, 2.75) is 44.1 Å². The highest BCUT2D eigenvalue weighted by Crippen LogP contribution is 2.36. The fraction of sp³-hybridized carbons (Fsp3) is 0.786. The molecule has 2 N–H and O–H groups in total. The van der Waals surface area contributed by atoms with Crippen molar-refractivity contribution >= 4 is 17.9 Å². The minimum absolute atomic E-state index is 0.0123. The molecule has 0 aromatic rings. The third-order valence-corrected chi connectivity index (χ3v) is 4.15. The van der Waals surface area contributed by atoms with Crippen LogP contribution in [0.5, 0.6) is 0 Å². The molecule has 0 heterocycles. The van der Waals surface area contributed by atoms with Crippen LogP contribution < -0.4 is 5.32 Å². The number of likely N-dealkylation sites (N-methyl/N-ethyl adjacent to an activating group) is 2. The minimum Gasteiger partial charge on any atom is -0.481 e. The Hall–Kier alpha value is -1.63. The number of nitrogens with zero attached hydrogens (tertiary/aromatic N) is 2. The highest BCUT2D eigenvalue weighted by molar-refractivity contribution is 5.94. The topological polar surface area (TPSA) is 90.0 Å². The van der Waals surface area contributed by atoms with Gasteiger partial charge in [-0.1, -0.05) is 0 Å². The van der Waals surface area contributed by atoms with Gasteiger partial charge in [-0.2, -0.15) is 0 Å². The molecule has 3 amide bonds. The van der Waals surface area contributed by atoms with Crippen LogP contribution in [-0.2, 0) is 9.59 Å². The van der Waals surface area contributed by atoms with Crippen LogP contribution >= 0.6 is 0 Å². The zero-order valence-corrected chi connectivity index (χ0v) is 13.0. The van der Waals surface area contributed by atoms with Gasteiger partial charge in [0.25, 0.3) is 0 Å². The summed E-state index contributed by atoms with van der Waals surface area (Å²) in [6.07, 6.45) is 3.46. The van der Waals surface area contributed by atoms with Crippen LogP contribution in [0.1, 0.15) is 38.5 Å². The van der Waals surface area contributed by atoms with Gasteiger partial charge in [0, 0.05) is 32.0 Å². The number of hydrogen-bond donors (Lipinski definition) is 2. The summed E-state index contributed by atoms with van der Waals surface area (Å²) in [6, 6.07) is -0.427. The molecule has 0 aromatic carbocycles. The van der Waals surface area contributed by atoms with Gasteiger partial charge in [-0.25, -0.2) is 4.79 Å². The highest BCUT2D eigenvalue weighted by Gasteiger charge is 2.40. The van der Waals surface area contributed by atoms with E-state index >= 15 is 0 Å². The first-order chi connectivity index (χ1) is 9.77. The number of amides is 3. The number of carbonyl (C=O) groups excluding carboxylic acids is 2. The van der Waals surface area contributed by atoms with Gasteiger partial charge in [0.1, 0.15) is 0 Å². The van der Waals surface area contributed by atoms with Crippen molar-refractivity contribution in [2.75, 3.05) is 27.7 Å². The number of imide groups is 1. The van der Waals surface area contributed by atoms with E-state index in [4.69, 9.17) is 5.11 Å². The van der Waals surface area contributed by atoms with Crippen LogP contribution in [-0.4, -0.2) is 66.0 Å². The molecule has 1 rings (SSSR count). The first-order valence-corrected chi connectivity index (χ1v) is 7.21. The average molecular weight is 299 g/mol. The van der Waals surface area contributed by atoms with Gasteiger partial charge >= 0.3 is 12.0 Å². The summed E-state index contributed by atoms with van der Waals surface area (Å²) >= 11 is 0. The van der Waals surface area contributed by atoms with E-state index in [-0.39, 0.29) is 24.8 Å². The Morgan fingerprint density at radius 2 is 1.76 bits per heavy atom. The zero-order valence-electron chi connectivity index (χ0n) is 13.0. The maximum absolute atomic E-state index is 11.9. The summed E-state index contributed by atoms with van der Waals surface area (Å²) in [6.45, 7) is 0.578. The van der Waals surface area contributed by atoms with Crippen molar-refractivity contribution < 1.29 is 19.5 Å². The van der Waals surface area contributed by atoms with E-state index in [2.05, 4.69) is 10.2 Å². The SMILES string of the molecule is CN(CC1(N(C)C)CCC1)C(=O)NC(=O)CCCC(=O)O. The van der Waals surface area contributed by atoms with Crippen LogP contribution in [0, 0.1) is 0 Å². The van der Waals surface area contributed by atoms with Gasteiger partial charge in [0.05, 0.1) is 0 Å². The zero-order chi connectivity index (χ0) is 16.0. The second-order valence-corrected chi connectivity index (χ2v) is 5.93. The molecule has 7 heteroatoms. The molecule has 0 spiro atoms. The van der Waals surface area contributed by atoms with E-state index in [0.717, 1.165) is 19.3 Å². The predicted octanol–water partition coefficient (Wildman–Crippen LogP) is 0.894. The fourth-order valence-electron chi connectivity index (χ4n) is 2.52. The normalized spacial score (nSPS) is 16.2. The fourth-order valence-corrected chi connectivity index (χ4v) is 2.52. The second kappa shape index (κ2) is 7.40. The lowest BCUT2D eigenvalue weighted by Crippen LogP contribution is -2.58. The molecule has 0 radical (unpaired) electrons. The Morgan fingerprint density at radius 3 is 2.19 bits per heavy atom. The molecule has 1 fully saturated rings. The number of aliphatic carboxylic acids is 1. The van der Waals surface area contributed by atoms with Crippen LogP contribution in [0.4, 0.5) is 4.79 Å². The van der Waals surface area contributed by atoms with Crippen molar-refractivity contribution in [3.63, 3.8) is 0 Å². The third-order valence-electron chi connectivity index (χ3n) is 4.15. The van der Waals surface area contributed by atoms with Gasteiger partial charge in [-0.15, -0.1) is 0 Å². The van der Waals surface area contributed by atoms with Crippen LogP contribution in [0.25, 0.3) is 0 Å². The number of carbonyl (C=O) groups is 3. The first-order valence-electron chi connectivity index (χ1n) is 7.21. The lowest BCUT2D eigenvalue weighted by Gasteiger charge is -2.49. The van der Waals surface area contributed by atoms with Gasteiger partial charge in [0.15, 0.2) is 0 Å². The lowest BCUT2D eigenvalue weighted by molar-refractivity contribution is -0.137. The maximum Gasteiger partial charge on any atom is 0.323 e. The van der Waals surface area contributed by atoms with Crippen molar-refractivity contribution in [3.05, 3.63) is 0 Å². The molecule has 0 aromatic heterocycles. The van der Waals surface area contributed by atoms with Gasteiger partial charge in [-0.05, 0) is 39.8 Å². The Balaban J connectivity index is 2.37. The summed E-state index contributed by atoms with van der Waals surface area (Å²) < 4.78 is 0. The monoisotopic (exact) mass is 299 g/mol. The number of nitrogens with one attached hydrogen (secondary N) is 1. The summed E-state index contributed by atoms with van der Waals surface area (Å²) in [7, 11) is 5.67. The van der Waals surface area contributed by atoms with E-state index < -0.39 is 17.9 Å². The Labute approximate surface area is 125 Å². The smallest absolute Gasteiger partial charge is 0.323 e. The van der Waals surface area contributed by atoms with E-state index in [1.54, 1.807) is 7.05 Å². The standard InChI is InChI=1S/C14H25N3O4/c1-16(2)14(8-5-9-14)10-17(3)13(21)15-11(18)6-4-7-12(19)20/h4-10H2,1-3H3,(H,19,20)(H,15,18,21). The average Bonchev–Trinajstić information content (AvgIpc) is 2.32. The quantitative estimate of drug-likeness (QED) is 0.729. The van der Waals surface area contributed by atoms with Crippen LogP contribution in [0.15, 0.2) is 0 Å². The predicted molar refractivity (Wildman–Crippen MR) is 77.9 cm³/mol. The van der Waals surface area contributed by atoms with E-state index in [9.17, 15) is 14.4 Å². The molecular weight excluding hydrogens is 274 g/mol. The molecule has 7 nitrogen and oxygen atoms in total. The molecular formula is C14H25N3O4. The van der Waals surface area contributed by atoms with Crippen molar-refractivity contribution in [2.24, 2.45) is 0 Å². The van der Waals surface area contributed by atoms with E-state index in [0.29, 0.717) is 6.54 Å². The number of carboxylic acids is 1. The van der Waals surface area contributed by atoms with Gasteiger partial charge in [-0.3, -0.25) is 14.9 Å². The van der Waals surface area contributed by atoms with Crippen molar-refractivity contribution in [3.8, 4) is 0 Å². The van der Waals surface area contributed by atoms with Crippen molar-refractivity contribution in [1.82, 2.24) is 15.1 Å². The molecule has 0 saturated heterocycles. The molecule has 120 valence electrons. The molecule has 1 saturated carbocycles. The molecule has 21 heavy (non-hydrogen) atoms. The minimum atomic E-state index is -0.941. The summed E-state index contributed by atoms with van der Waals surface area (Å²) in [5.41, 5.74) is 0.0123. The number of carboxylic acid groups (broad SMARTS) is 1.